The van der Waals surface area contributed by atoms with Crippen molar-refractivity contribution in [1.29, 1.82) is 0 Å². The van der Waals surface area contributed by atoms with Gasteiger partial charge in [-0.05, 0) is 126 Å². The van der Waals surface area contributed by atoms with Gasteiger partial charge in [0.1, 0.15) is 0 Å². The lowest BCUT2D eigenvalue weighted by Crippen LogP contribution is -2.10. The zero-order valence-electron chi connectivity index (χ0n) is 29.4. The minimum atomic E-state index is 1.11. The van der Waals surface area contributed by atoms with Gasteiger partial charge in [0, 0.05) is 33.5 Å². The molecule has 1 heterocycles. The minimum absolute atomic E-state index is 1.11. The maximum atomic E-state index is 2.44. The SMILES string of the molecule is c1ccc2cc(N(c3ccc4c(c3)-c3c5ccccc5cc5cccc-4c35)c3ccc4c5ccccc5n(-c5ccc6ccccc6c5)c4c3)ccc2c1. The third kappa shape index (κ3) is 4.22. The highest BCUT2D eigenvalue weighted by Crippen LogP contribution is 2.52. The molecule has 0 saturated carbocycles. The highest BCUT2D eigenvalue weighted by Gasteiger charge is 2.26. The minimum Gasteiger partial charge on any atom is -0.310 e. The van der Waals surface area contributed by atoms with E-state index < -0.39 is 0 Å². The van der Waals surface area contributed by atoms with Crippen LogP contribution in [0, 0.1) is 0 Å². The number of aromatic nitrogens is 1. The van der Waals surface area contributed by atoms with Gasteiger partial charge in [0.05, 0.1) is 11.0 Å². The maximum Gasteiger partial charge on any atom is 0.0561 e. The molecule has 54 heavy (non-hydrogen) atoms. The lowest BCUT2D eigenvalue weighted by molar-refractivity contribution is 1.18. The Morgan fingerprint density at radius 3 is 1.78 bits per heavy atom. The normalized spacial score (nSPS) is 12.1. The Labute approximate surface area is 312 Å². The molecule has 0 unspecified atom stereocenters. The molecule has 0 spiro atoms. The quantitative estimate of drug-likeness (QED) is 0.168. The predicted molar refractivity (Wildman–Crippen MR) is 230 cm³/mol. The molecule has 1 aliphatic rings. The lowest BCUT2D eigenvalue weighted by Gasteiger charge is -2.27. The average Bonchev–Trinajstić information content (AvgIpc) is 3.74. The molecule has 12 rings (SSSR count). The topological polar surface area (TPSA) is 8.17 Å². The molecule has 250 valence electrons. The molecule has 0 aliphatic heterocycles. The molecule has 2 nitrogen and oxygen atoms in total. The Balaban J connectivity index is 1.12. The zero-order valence-corrected chi connectivity index (χ0v) is 29.4. The van der Waals surface area contributed by atoms with Crippen LogP contribution in [0.1, 0.15) is 0 Å². The molecule has 11 aromatic rings. The molecule has 2 heteroatoms. The zero-order chi connectivity index (χ0) is 35.3. The van der Waals surface area contributed by atoms with Crippen LogP contribution >= 0.6 is 0 Å². The molecule has 10 aromatic carbocycles. The first-order chi connectivity index (χ1) is 26.8. The van der Waals surface area contributed by atoms with Crippen LogP contribution in [0.3, 0.4) is 0 Å². The van der Waals surface area contributed by atoms with E-state index in [0.717, 1.165) is 22.7 Å². The molecule has 0 radical (unpaired) electrons. The molecular weight excluding hydrogens is 653 g/mol. The van der Waals surface area contributed by atoms with Gasteiger partial charge >= 0.3 is 0 Å². The number of nitrogens with zero attached hydrogens (tertiary/aromatic N) is 2. The van der Waals surface area contributed by atoms with Gasteiger partial charge in [-0.15, -0.1) is 0 Å². The summed E-state index contributed by atoms with van der Waals surface area (Å²) in [5.74, 6) is 0. The number of hydrogen-bond donors (Lipinski definition) is 0. The van der Waals surface area contributed by atoms with E-state index in [4.69, 9.17) is 0 Å². The van der Waals surface area contributed by atoms with Gasteiger partial charge in [0.25, 0.3) is 0 Å². The molecule has 0 N–H and O–H groups in total. The van der Waals surface area contributed by atoms with E-state index in [1.165, 1.54) is 87.1 Å². The van der Waals surface area contributed by atoms with Gasteiger partial charge in [-0.25, -0.2) is 0 Å². The number of para-hydroxylation sites is 1. The summed E-state index contributed by atoms with van der Waals surface area (Å²) in [6.07, 6.45) is 0. The maximum absolute atomic E-state index is 2.44. The van der Waals surface area contributed by atoms with E-state index in [1.54, 1.807) is 0 Å². The second-order valence-electron chi connectivity index (χ2n) is 14.6. The van der Waals surface area contributed by atoms with Crippen molar-refractivity contribution in [3.8, 4) is 27.9 Å². The lowest BCUT2D eigenvalue weighted by atomic mass is 9.95. The Morgan fingerprint density at radius 1 is 0.315 bits per heavy atom. The second-order valence-corrected chi connectivity index (χ2v) is 14.6. The smallest absolute Gasteiger partial charge is 0.0561 e. The summed E-state index contributed by atoms with van der Waals surface area (Å²) in [5.41, 5.74) is 12.1. The highest BCUT2D eigenvalue weighted by molar-refractivity contribution is 6.24. The molecule has 1 aromatic heterocycles. The van der Waals surface area contributed by atoms with Crippen molar-refractivity contribution in [2.24, 2.45) is 0 Å². The molecule has 0 saturated heterocycles. The standard InChI is InChI=1S/C52H32N2/c1-3-12-35-29-39(22-20-33(35)10-1)53(41-24-26-44-47-18-9-15-38-28-37-14-5-6-16-43(37)52(51(38)47)48(44)31-41)42-25-27-46-45-17-7-8-19-49(45)54(50(46)32-42)40-23-21-34-11-2-4-13-36(34)30-40/h1-32H. The molecular formula is C52H32N2. The van der Waals surface area contributed by atoms with Crippen molar-refractivity contribution in [1.82, 2.24) is 4.57 Å². The second kappa shape index (κ2) is 11.2. The van der Waals surface area contributed by atoms with E-state index in [-0.39, 0.29) is 0 Å². The monoisotopic (exact) mass is 684 g/mol. The number of fused-ring (bicyclic) bond motifs is 10. The largest absolute Gasteiger partial charge is 0.310 e. The number of rotatable bonds is 4. The van der Waals surface area contributed by atoms with Gasteiger partial charge in [0.15, 0.2) is 0 Å². The molecule has 1 aliphatic carbocycles. The van der Waals surface area contributed by atoms with E-state index in [1.807, 2.05) is 0 Å². The number of anilines is 3. The average molecular weight is 685 g/mol. The summed E-state index contributed by atoms with van der Waals surface area (Å²) in [6, 6.07) is 71.7. The summed E-state index contributed by atoms with van der Waals surface area (Å²) >= 11 is 0. The Morgan fingerprint density at radius 2 is 0.926 bits per heavy atom. The van der Waals surface area contributed by atoms with Gasteiger partial charge in [-0.3, -0.25) is 0 Å². The summed E-state index contributed by atoms with van der Waals surface area (Å²) in [6.45, 7) is 0. The van der Waals surface area contributed by atoms with Gasteiger partial charge < -0.3 is 9.47 Å². The van der Waals surface area contributed by atoms with Crippen LogP contribution in [0.15, 0.2) is 194 Å². The summed E-state index contributed by atoms with van der Waals surface area (Å²) in [7, 11) is 0. The van der Waals surface area contributed by atoms with Crippen molar-refractivity contribution < 1.29 is 0 Å². The van der Waals surface area contributed by atoms with Crippen molar-refractivity contribution in [2.75, 3.05) is 4.90 Å². The fourth-order valence-electron chi connectivity index (χ4n) is 9.19. The Kier molecular flexibility index (Phi) is 6.09. The fraction of sp³-hybridized carbons (Fsp3) is 0. The Bertz CT molecular complexity index is 3350. The van der Waals surface area contributed by atoms with Crippen LogP contribution in [-0.2, 0) is 0 Å². The van der Waals surface area contributed by atoms with Crippen LogP contribution in [0.25, 0.3) is 92.8 Å². The van der Waals surface area contributed by atoms with Crippen LogP contribution in [0.2, 0.25) is 0 Å². The van der Waals surface area contributed by atoms with Crippen LogP contribution in [0.5, 0.6) is 0 Å². The Hall–Kier alpha value is -7.16. The molecule has 0 amide bonds. The van der Waals surface area contributed by atoms with Crippen molar-refractivity contribution in [3.63, 3.8) is 0 Å². The van der Waals surface area contributed by atoms with Crippen LogP contribution in [0.4, 0.5) is 17.1 Å². The van der Waals surface area contributed by atoms with E-state index in [0.29, 0.717) is 0 Å². The van der Waals surface area contributed by atoms with Crippen LogP contribution < -0.4 is 4.90 Å². The van der Waals surface area contributed by atoms with E-state index in [2.05, 4.69) is 204 Å². The number of benzene rings is 10. The third-order valence-corrected chi connectivity index (χ3v) is 11.6. The molecule has 0 fully saturated rings. The summed E-state index contributed by atoms with van der Waals surface area (Å²) in [4.78, 5) is 2.44. The van der Waals surface area contributed by atoms with E-state index in [9.17, 15) is 0 Å². The highest BCUT2D eigenvalue weighted by atomic mass is 15.1. The summed E-state index contributed by atoms with van der Waals surface area (Å²) < 4.78 is 2.44. The van der Waals surface area contributed by atoms with Crippen LogP contribution in [-0.4, -0.2) is 4.57 Å². The first-order valence-corrected chi connectivity index (χ1v) is 18.7. The summed E-state index contributed by atoms with van der Waals surface area (Å²) in [5, 5.41) is 12.6. The van der Waals surface area contributed by atoms with Gasteiger partial charge in [-0.1, -0.05) is 133 Å². The molecule has 0 atom stereocenters. The predicted octanol–water partition coefficient (Wildman–Crippen LogP) is 14.5. The van der Waals surface area contributed by atoms with Crippen molar-refractivity contribution >= 4 is 82.0 Å². The first kappa shape index (κ1) is 29.4. The van der Waals surface area contributed by atoms with Crippen molar-refractivity contribution in [2.45, 2.75) is 0 Å². The van der Waals surface area contributed by atoms with E-state index >= 15 is 0 Å². The van der Waals surface area contributed by atoms with Gasteiger partial charge in [-0.2, -0.15) is 0 Å². The molecule has 0 bridgehead atoms. The third-order valence-electron chi connectivity index (χ3n) is 11.6. The van der Waals surface area contributed by atoms with Gasteiger partial charge in [0.2, 0.25) is 0 Å². The van der Waals surface area contributed by atoms with Crippen molar-refractivity contribution in [3.05, 3.63) is 194 Å². The fourth-order valence-corrected chi connectivity index (χ4v) is 9.19. The number of hydrogen-bond acceptors (Lipinski definition) is 1. The first-order valence-electron chi connectivity index (χ1n) is 18.7.